The Labute approximate surface area is 186 Å². The Morgan fingerprint density at radius 2 is 2.13 bits per heavy atom. The molecule has 0 saturated carbocycles. The molecule has 30 heavy (non-hydrogen) atoms. The highest BCUT2D eigenvalue weighted by Gasteiger charge is 2.44. The van der Waals surface area contributed by atoms with Crippen LogP contribution in [0.1, 0.15) is 48.5 Å². The quantitative estimate of drug-likeness (QED) is 0.543. The molecule has 2 aliphatic rings. The lowest BCUT2D eigenvalue weighted by atomic mass is 9.97. The molecule has 9 heteroatoms. The third-order valence-corrected chi connectivity index (χ3v) is 8.60. The molecule has 0 aromatic heterocycles. The topological polar surface area (TPSA) is 90.0 Å². The third kappa shape index (κ3) is 5.12. The molecule has 1 amide bonds. The molecule has 0 aliphatic carbocycles. The fourth-order valence-corrected chi connectivity index (χ4v) is 5.11. The zero-order chi connectivity index (χ0) is 21.9. The van der Waals surface area contributed by atoms with Crippen LogP contribution in [0.3, 0.4) is 0 Å². The van der Waals surface area contributed by atoms with Crippen molar-refractivity contribution < 1.29 is 27.5 Å². The van der Waals surface area contributed by atoms with E-state index in [2.05, 4.69) is 15.9 Å². The Kier molecular flexibility index (Phi) is 7.37. The van der Waals surface area contributed by atoms with Crippen LogP contribution in [0.5, 0.6) is 0 Å². The maximum Gasteiger partial charge on any atom is 0.254 e. The molecule has 7 nitrogen and oxygen atoms in total. The molecule has 1 saturated heterocycles. The molecule has 1 aromatic rings. The summed E-state index contributed by atoms with van der Waals surface area (Å²) >= 11 is 3.41. The number of nitrogens with zero attached hydrogens (tertiary/aromatic N) is 1. The second-order valence-electron chi connectivity index (χ2n) is 8.13. The summed E-state index contributed by atoms with van der Waals surface area (Å²) in [7, 11) is -3.72. The smallest absolute Gasteiger partial charge is 0.254 e. The number of benzene rings is 1. The minimum atomic E-state index is -3.72. The number of hydrogen-bond donors (Lipinski definition) is 0. The highest BCUT2D eigenvalue weighted by atomic mass is 79.9. The Bertz CT molecular complexity index is 912. The zero-order valence-corrected chi connectivity index (χ0v) is 19.8. The first kappa shape index (κ1) is 23.4. The molecule has 0 N–H and O–H groups in total. The number of halogens is 1. The van der Waals surface area contributed by atoms with Crippen LogP contribution in [-0.4, -0.2) is 68.6 Å². The van der Waals surface area contributed by atoms with Gasteiger partial charge in [0.05, 0.1) is 0 Å². The maximum atomic E-state index is 12.9. The van der Waals surface area contributed by atoms with E-state index in [0.717, 1.165) is 29.1 Å². The van der Waals surface area contributed by atoms with Crippen LogP contribution in [0, 0.1) is 0 Å². The molecular formula is C21H28BrNO6S. The first-order valence-electron chi connectivity index (χ1n) is 10.2. The highest BCUT2D eigenvalue weighted by molar-refractivity contribution is 9.10. The van der Waals surface area contributed by atoms with E-state index in [9.17, 15) is 18.0 Å². The fraction of sp³-hybridized carbons (Fsp3) is 0.619. The number of Topliss-reactive ketones (excluding diaryl/α,β-unsaturated/α-hetero) is 1. The van der Waals surface area contributed by atoms with Gasteiger partial charge in [-0.25, -0.2) is 8.42 Å². The number of amides is 1. The minimum Gasteiger partial charge on any atom is -0.353 e. The Hall–Kier alpha value is -1.29. The largest absolute Gasteiger partial charge is 0.353 e. The Morgan fingerprint density at radius 3 is 2.80 bits per heavy atom. The van der Waals surface area contributed by atoms with E-state index in [1.54, 1.807) is 11.0 Å². The van der Waals surface area contributed by atoms with E-state index in [4.69, 9.17) is 9.47 Å². The van der Waals surface area contributed by atoms with Crippen LogP contribution in [0.2, 0.25) is 0 Å². The van der Waals surface area contributed by atoms with Crippen molar-refractivity contribution in [3.05, 3.63) is 33.8 Å². The van der Waals surface area contributed by atoms with Crippen molar-refractivity contribution in [2.75, 3.05) is 32.6 Å². The van der Waals surface area contributed by atoms with Crippen molar-refractivity contribution in [2.24, 2.45) is 0 Å². The first-order valence-corrected chi connectivity index (χ1v) is 12.8. The van der Waals surface area contributed by atoms with Crippen molar-refractivity contribution in [1.82, 2.24) is 4.90 Å². The number of ketones is 1. The summed E-state index contributed by atoms with van der Waals surface area (Å²) in [5.41, 5.74) is 1.59. The molecule has 1 fully saturated rings. The summed E-state index contributed by atoms with van der Waals surface area (Å²) in [6.45, 7) is 2.36. The van der Waals surface area contributed by atoms with Gasteiger partial charge < -0.3 is 14.4 Å². The predicted molar refractivity (Wildman–Crippen MR) is 116 cm³/mol. The number of sulfone groups is 1. The van der Waals surface area contributed by atoms with E-state index >= 15 is 0 Å². The first-order chi connectivity index (χ1) is 14.1. The second kappa shape index (κ2) is 9.46. The summed E-state index contributed by atoms with van der Waals surface area (Å²) in [5.74, 6) is -0.646. The van der Waals surface area contributed by atoms with Gasteiger partial charge in [0.25, 0.3) is 5.91 Å². The average molecular weight is 502 g/mol. The highest BCUT2D eigenvalue weighted by Crippen LogP contribution is 2.27. The summed E-state index contributed by atoms with van der Waals surface area (Å²) in [5, 5.41) is 0. The van der Waals surface area contributed by atoms with E-state index in [0.29, 0.717) is 31.6 Å². The lowest BCUT2D eigenvalue weighted by Gasteiger charge is -2.33. The molecule has 3 rings (SSSR count). The number of fused-ring (bicyclic) bond motifs is 1. The van der Waals surface area contributed by atoms with Crippen LogP contribution in [-0.2, 0) is 30.5 Å². The number of rotatable bonds is 8. The number of carbonyl (C=O) groups excluding carboxylic acids is 2. The average Bonchev–Trinajstić information content (AvgIpc) is 2.71. The SMILES string of the molecule is C[C@@](CCN1CCc2cc(Br)ccc2C1=O)(C(=O)COC1CCCCO1)S(C)(=O)=O. The normalized spacial score (nSPS) is 21.8. The summed E-state index contributed by atoms with van der Waals surface area (Å²) in [4.78, 5) is 27.3. The van der Waals surface area contributed by atoms with Gasteiger partial charge in [0.1, 0.15) is 11.4 Å². The van der Waals surface area contributed by atoms with E-state index in [-0.39, 0.29) is 25.5 Å². The van der Waals surface area contributed by atoms with E-state index < -0.39 is 26.7 Å². The molecule has 0 spiro atoms. The number of ether oxygens (including phenoxy) is 2. The van der Waals surface area contributed by atoms with Crippen molar-refractivity contribution in [2.45, 2.75) is 50.1 Å². The van der Waals surface area contributed by atoms with Crippen molar-refractivity contribution in [1.29, 1.82) is 0 Å². The van der Waals surface area contributed by atoms with Gasteiger partial charge in [0.2, 0.25) is 0 Å². The minimum absolute atomic E-state index is 0.0250. The molecule has 2 aliphatic heterocycles. The van der Waals surface area contributed by atoms with Crippen LogP contribution >= 0.6 is 15.9 Å². The maximum absolute atomic E-state index is 12.9. The van der Waals surface area contributed by atoms with Crippen LogP contribution in [0.4, 0.5) is 0 Å². The zero-order valence-electron chi connectivity index (χ0n) is 17.4. The predicted octanol–water partition coefficient (Wildman–Crippen LogP) is 2.75. The molecule has 2 heterocycles. The monoisotopic (exact) mass is 501 g/mol. The fourth-order valence-electron chi connectivity index (χ4n) is 3.76. The van der Waals surface area contributed by atoms with Gasteiger partial charge in [-0.3, -0.25) is 9.59 Å². The standard InChI is InChI=1S/C21H28BrNO6S/c1-21(30(2,26)27,18(24)14-29-19-5-3-4-12-28-19)9-11-23-10-8-15-13-16(22)6-7-17(15)20(23)25/h6-7,13,19H,3-5,8-12,14H2,1-2H3/t19?,21-/m1/s1. The Morgan fingerprint density at radius 1 is 1.37 bits per heavy atom. The van der Waals surface area contributed by atoms with Gasteiger partial charge in [0, 0.05) is 36.0 Å². The molecule has 0 radical (unpaired) electrons. The van der Waals surface area contributed by atoms with Crippen LogP contribution < -0.4 is 0 Å². The molecule has 1 unspecified atom stereocenters. The number of hydrogen-bond acceptors (Lipinski definition) is 6. The third-order valence-electron chi connectivity index (χ3n) is 6.04. The van der Waals surface area contributed by atoms with E-state index in [1.807, 2.05) is 12.1 Å². The van der Waals surface area contributed by atoms with Crippen molar-refractivity contribution in [3.8, 4) is 0 Å². The lowest BCUT2D eigenvalue weighted by molar-refractivity contribution is -0.170. The lowest BCUT2D eigenvalue weighted by Crippen LogP contribution is -2.49. The van der Waals surface area contributed by atoms with Crippen LogP contribution in [0.15, 0.2) is 22.7 Å². The number of carbonyl (C=O) groups is 2. The van der Waals surface area contributed by atoms with E-state index in [1.165, 1.54) is 6.92 Å². The van der Waals surface area contributed by atoms with Crippen molar-refractivity contribution in [3.63, 3.8) is 0 Å². The summed E-state index contributed by atoms with van der Waals surface area (Å²) in [6, 6.07) is 5.52. The molecule has 0 bridgehead atoms. The van der Waals surface area contributed by atoms with Gasteiger partial charge >= 0.3 is 0 Å². The molecular weight excluding hydrogens is 474 g/mol. The summed E-state index contributed by atoms with van der Waals surface area (Å²) in [6.07, 6.45) is 3.92. The molecule has 166 valence electrons. The second-order valence-corrected chi connectivity index (χ2v) is 11.5. The van der Waals surface area contributed by atoms with Crippen molar-refractivity contribution >= 4 is 37.5 Å². The molecule has 2 atom stereocenters. The van der Waals surface area contributed by atoms with Gasteiger partial charge in [-0.2, -0.15) is 0 Å². The summed E-state index contributed by atoms with van der Waals surface area (Å²) < 4.78 is 35.3. The van der Waals surface area contributed by atoms with Crippen LogP contribution in [0.25, 0.3) is 0 Å². The van der Waals surface area contributed by atoms with Gasteiger partial charge in [-0.05, 0) is 62.8 Å². The van der Waals surface area contributed by atoms with Gasteiger partial charge in [0.15, 0.2) is 21.9 Å². The van der Waals surface area contributed by atoms with Gasteiger partial charge in [-0.15, -0.1) is 0 Å². The Balaban J connectivity index is 1.66. The van der Waals surface area contributed by atoms with Gasteiger partial charge in [-0.1, -0.05) is 15.9 Å². The molecule has 1 aromatic carbocycles.